The van der Waals surface area contributed by atoms with Gasteiger partial charge in [0.25, 0.3) is 0 Å². The average Bonchev–Trinajstić information content (AvgIpc) is 2.46. The minimum atomic E-state index is -3.37. The molecule has 1 aromatic rings. The number of piperidine rings is 1. The van der Waals surface area contributed by atoms with Crippen LogP contribution in [0.4, 0.5) is 0 Å². The molecule has 0 atom stereocenters. The van der Waals surface area contributed by atoms with Gasteiger partial charge in [-0.15, -0.1) is 0 Å². The van der Waals surface area contributed by atoms with Gasteiger partial charge in [0.2, 0.25) is 15.3 Å². The summed E-state index contributed by atoms with van der Waals surface area (Å²) in [4.78, 5) is 11.0. The zero-order valence-electron chi connectivity index (χ0n) is 11.2. The molecule has 0 N–H and O–H groups in total. The molecule has 0 unspecified atom stereocenters. The van der Waals surface area contributed by atoms with Crippen molar-refractivity contribution >= 4 is 26.9 Å². The molecule has 0 bridgehead atoms. The summed E-state index contributed by atoms with van der Waals surface area (Å²) in [6.07, 6.45) is 3.74. The van der Waals surface area contributed by atoms with E-state index in [2.05, 4.69) is 0 Å². The van der Waals surface area contributed by atoms with Crippen molar-refractivity contribution in [2.45, 2.75) is 37.0 Å². The molecule has 0 saturated carbocycles. The molecular formula is C14H18ClNO3S. The molecule has 0 radical (unpaired) electrons. The molecule has 2 rings (SSSR count). The van der Waals surface area contributed by atoms with Crippen molar-refractivity contribution in [1.29, 1.82) is 0 Å². The van der Waals surface area contributed by atoms with Crippen LogP contribution in [0.25, 0.3) is 0 Å². The number of halogens is 1. The van der Waals surface area contributed by atoms with Crippen LogP contribution in [0.15, 0.2) is 29.2 Å². The Labute approximate surface area is 124 Å². The first kappa shape index (κ1) is 15.5. The monoisotopic (exact) mass is 315 g/mol. The maximum absolute atomic E-state index is 12.4. The van der Waals surface area contributed by atoms with Crippen molar-refractivity contribution in [1.82, 2.24) is 4.31 Å². The first-order valence-electron chi connectivity index (χ1n) is 6.77. The Hall–Kier alpha value is -0.910. The molecule has 1 saturated heterocycles. The van der Waals surface area contributed by atoms with Gasteiger partial charge < -0.3 is 0 Å². The van der Waals surface area contributed by atoms with Crippen molar-refractivity contribution in [3.8, 4) is 0 Å². The zero-order valence-corrected chi connectivity index (χ0v) is 12.8. The molecule has 1 heterocycles. The number of rotatable bonds is 5. The summed E-state index contributed by atoms with van der Waals surface area (Å²) >= 11 is 5.29. The van der Waals surface area contributed by atoms with Gasteiger partial charge in [-0.2, -0.15) is 4.31 Å². The Morgan fingerprint density at radius 2 is 1.70 bits per heavy atom. The molecule has 0 aromatic heterocycles. The maximum atomic E-state index is 12.4. The zero-order chi connectivity index (χ0) is 14.6. The highest BCUT2D eigenvalue weighted by Gasteiger charge is 2.25. The quantitative estimate of drug-likeness (QED) is 0.785. The van der Waals surface area contributed by atoms with Crippen LogP contribution in [0.1, 0.15) is 31.2 Å². The number of hydrogen-bond donors (Lipinski definition) is 0. The second-order valence-corrected chi connectivity index (χ2v) is 7.32. The predicted molar refractivity (Wildman–Crippen MR) is 78.2 cm³/mol. The number of nitrogens with zero attached hydrogens (tertiary/aromatic N) is 1. The predicted octanol–water partition coefficient (Wildman–Crippen LogP) is 2.56. The van der Waals surface area contributed by atoms with Crippen LogP contribution in [0.5, 0.6) is 0 Å². The van der Waals surface area contributed by atoms with Crippen molar-refractivity contribution in [3.63, 3.8) is 0 Å². The summed E-state index contributed by atoms with van der Waals surface area (Å²) in [5.41, 5.74) is 0.914. The standard InChI is InChI=1S/C14H18ClNO3S/c15-14(17)9-6-12-4-7-13(8-5-12)20(18,19)16-10-2-1-3-11-16/h4-5,7-8H,1-3,6,9-11H2. The van der Waals surface area contributed by atoms with Gasteiger partial charge in [-0.1, -0.05) is 18.6 Å². The SMILES string of the molecule is O=C(Cl)CCc1ccc(S(=O)(=O)N2CCCCC2)cc1. The molecule has 1 fully saturated rings. The van der Waals surface area contributed by atoms with E-state index in [4.69, 9.17) is 11.6 Å². The Balaban J connectivity index is 2.10. The third-order valence-electron chi connectivity index (χ3n) is 3.49. The molecule has 0 amide bonds. The normalized spacial score (nSPS) is 17.1. The molecule has 1 aromatic carbocycles. The number of sulfonamides is 1. The van der Waals surface area contributed by atoms with Gasteiger partial charge in [0.1, 0.15) is 0 Å². The highest BCUT2D eigenvalue weighted by Crippen LogP contribution is 2.21. The summed E-state index contributed by atoms with van der Waals surface area (Å²) in [5.74, 6) is 0. The lowest BCUT2D eigenvalue weighted by Crippen LogP contribution is -2.35. The van der Waals surface area contributed by atoms with Gasteiger partial charge in [0.05, 0.1) is 4.90 Å². The molecular weight excluding hydrogens is 298 g/mol. The summed E-state index contributed by atoms with van der Waals surface area (Å²) < 4.78 is 26.4. The number of hydrogen-bond acceptors (Lipinski definition) is 3. The largest absolute Gasteiger partial charge is 0.281 e. The van der Waals surface area contributed by atoms with E-state index in [0.29, 0.717) is 24.4 Å². The maximum Gasteiger partial charge on any atom is 0.243 e. The van der Waals surface area contributed by atoms with Crippen LogP contribution in [0, 0.1) is 0 Å². The van der Waals surface area contributed by atoms with Crippen LogP contribution in [0.3, 0.4) is 0 Å². The number of carbonyl (C=O) groups is 1. The topological polar surface area (TPSA) is 54.5 Å². The number of carbonyl (C=O) groups excluding carboxylic acids is 1. The van der Waals surface area contributed by atoms with Crippen LogP contribution in [0.2, 0.25) is 0 Å². The van der Waals surface area contributed by atoms with Gasteiger partial charge in [0, 0.05) is 19.5 Å². The Bertz CT molecular complexity index is 563. The Morgan fingerprint density at radius 3 is 2.25 bits per heavy atom. The van der Waals surface area contributed by atoms with Crippen molar-refractivity contribution in [2.75, 3.05) is 13.1 Å². The summed E-state index contributed by atoms with van der Waals surface area (Å²) in [5, 5.41) is -0.380. The van der Waals surface area contributed by atoms with E-state index in [1.807, 2.05) is 0 Å². The lowest BCUT2D eigenvalue weighted by Gasteiger charge is -2.25. The van der Waals surface area contributed by atoms with Gasteiger partial charge in [0.15, 0.2) is 0 Å². The minimum Gasteiger partial charge on any atom is -0.281 e. The van der Waals surface area contributed by atoms with Crippen LogP contribution >= 0.6 is 11.6 Å². The fourth-order valence-corrected chi connectivity index (χ4v) is 3.94. The van der Waals surface area contributed by atoms with Crippen LogP contribution < -0.4 is 0 Å². The molecule has 1 aliphatic rings. The molecule has 4 nitrogen and oxygen atoms in total. The van der Waals surface area contributed by atoms with E-state index in [0.717, 1.165) is 24.8 Å². The molecule has 20 heavy (non-hydrogen) atoms. The number of benzene rings is 1. The smallest absolute Gasteiger partial charge is 0.243 e. The minimum absolute atomic E-state index is 0.264. The Morgan fingerprint density at radius 1 is 1.10 bits per heavy atom. The second-order valence-electron chi connectivity index (χ2n) is 4.96. The molecule has 6 heteroatoms. The third kappa shape index (κ3) is 3.81. The van der Waals surface area contributed by atoms with Crippen LogP contribution in [-0.2, 0) is 21.2 Å². The summed E-state index contributed by atoms with van der Waals surface area (Å²) in [6.45, 7) is 1.20. The molecule has 1 aliphatic heterocycles. The van der Waals surface area contributed by atoms with Gasteiger partial charge >= 0.3 is 0 Å². The Kier molecular flexibility index (Phi) is 5.18. The van der Waals surface area contributed by atoms with E-state index in [9.17, 15) is 13.2 Å². The molecule has 0 aliphatic carbocycles. The first-order valence-corrected chi connectivity index (χ1v) is 8.59. The van der Waals surface area contributed by atoms with E-state index >= 15 is 0 Å². The summed E-state index contributed by atoms with van der Waals surface area (Å²) in [6, 6.07) is 6.71. The lowest BCUT2D eigenvalue weighted by atomic mass is 10.1. The lowest BCUT2D eigenvalue weighted by molar-refractivity contribution is -0.111. The molecule has 110 valence electrons. The van der Waals surface area contributed by atoms with Gasteiger partial charge in [-0.05, 0) is 48.6 Å². The van der Waals surface area contributed by atoms with Crippen LogP contribution in [-0.4, -0.2) is 31.1 Å². The van der Waals surface area contributed by atoms with E-state index in [1.54, 1.807) is 28.6 Å². The van der Waals surface area contributed by atoms with E-state index < -0.39 is 10.0 Å². The molecule has 0 spiro atoms. The number of aryl methyl sites for hydroxylation is 1. The van der Waals surface area contributed by atoms with Crippen molar-refractivity contribution in [3.05, 3.63) is 29.8 Å². The highest BCUT2D eigenvalue weighted by molar-refractivity contribution is 7.89. The van der Waals surface area contributed by atoms with E-state index in [-0.39, 0.29) is 11.7 Å². The fourth-order valence-electron chi connectivity index (χ4n) is 2.33. The first-order chi connectivity index (χ1) is 9.50. The van der Waals surface area contributed by atoms with Gasteiger partial charge in [-0.25, -0.2) is 8.42 Å². The average molecular weight is 316 g/mol. The van der Waals surface area contributed by atoms with Crippen molar-refractivity contribution < 1.29 is 13.2 Å². The third-order valence-corrected chi connectivity index (χ3v) is 5.59. The van der Waals surface area contributed by atoms with Crippen molar-refractivity contribution in [2.24, 2.45) is 0 Å². The fraction of sp³-hybridized carbons (Fsp3) is 0.500. The highest BCUT2D eigenvalue weighted by atomic mass is 35.5. The second kappa shape index (κ2) is 6.70. The van der Waals surface area contributed by atoms with Gasteiger partial charge in [-0.3, -0.25) is 4.79 Å². The van der Waals surface area contributed by atoms with E-state index in [1.165, 1.54) is 0 Å². The summed E-state index contributed by atoms with van der Waals surface area (Å²) in [7, 11) is -3.37.